The molecule has 1 aliphatic heterocycles. The number of fused-ring (bicyclic) bond motifs is 1. The molecule has 0 unspecified atom stereocenters. The third-order valence-electron chi connectivity index (χ3n) is 3.61. The van der Waals surface area contributed by atoms with Crippen LogP contribution >= 0.6 is 0 Å². The van der Waals surface area contributed by atoms with Crippen LogP contribution in [0.15, 0.2) is 9.32 Å². The summed E-state index contributed by atoms with van der Waals surface area (Å²) in [4.78, 5) is 14.1. The van der Waals surface area contributed by atoms with E-state index in [0.717, 1.165) is 43.7 Å². The standard InChI is InChI=1S/C11H16N2O2/c14-11-10-8(13-6-1-2-7-13)4-3-5-9(10)15-12-11/h8H,1-7H2,(H,12,14)/t8-/m0/s1. The van der Waals surface area contributed by atoms with Crippen LogP contribution in [0.1, 0.15) is 43.0 Å². The van der Waals surface area contributed by atoms with Gasteiger partial charge >= 0.3 is 0 Å². The highest BCUT2D eigenvalue weighted by molar-refractivity contribution is 5.21. The van der Waals surface area contributed by atoms with Crippen LogP contribution in [-0.2, 0) is 6.42 Å². The molecule has 3 rings (SSSR count). The molecule has 0 radical (unpaired) electrons. The Kier molecular flexibility index (Phi) is 2.16. The largest absolute Gasteiger partial charge is 0.383 e. The van der Waals surface area contributed by atoms with Gasteiger partial charge in [-0.1, -0.05) is 0 Å². The number of aryl methyl sites for hydroxylation is 1. The maximum absolute atomic E-state index is 11.7. The third-order valence-corrected chi connectivity index (χ3v) is 3.61. The van der Waals surface area contributed by atoms with Crippen molar-refractivity contribution in [2.45, 2.75) is 38.1 Å². The van der Waals surface area contributed by atoms with Crippen LogP contribution in [0.3, 0.4) is 0 Å². The van der Waals surface area contributed by atoms with Crippen molar-refractivity contribution < 1.29 is 4.52 Å². The summed E-state index contributed by atoms with van der Waals surface area (Å²) >= 11 is 0. The molecular weight excluding hydrogens is 192 g/mol. The van der Waals surface area contributed by atoms with Crippen LogP contribution in [0.4, 0.5) is 0 Å². The van der Waals surface area contributed by atoms with Crippen LogP contribution < -0.4 is 5.56 Å². The second-order valence-corrected chi connectivity index (χ2v) is 4.52. The van der Waals surface area contributed by atoms with Crippen molar-refractivity contribution in [2.75, 3.05) is 13.1 Å². The molecule has 82 valence electrons. The number of hydrogen-bond donors (Lipinski definition) is 1. The monoisotopic (exact) mass is 208 g/mol. The molecule has 1 atom stereocenters. The van der Waals surface area contributed by atoms with Crippen LogP contribution in [0.5, 0.6) is 0 Å². The zero-order valence-corrected chi connectivity index (χ0v) is 8.79. The van der Waals surface area contributed by atoms with Gasteiger partial charge in [0.05, 0.1) is 5.56 Å². The van der Waals surface area contributed by atoms with Crippen molar-refractivity contribution in [3.05, 3.63) is 21.7 Å². The molecule has 1 aliphatic carbocycles. The van der Waals surface area contributed by atoms with Crippen molar-refractivity contribution in [1.29, 1.82) is 0 Å². The highest BCUT2D eigenvalue weighted by atomic mass is 16.5. The molecule has 0 bridgehead atoms. The van der Waals surface area contributed by atoms with Gasteiger partial charge in [0.2, 0.25) is 0 Å². The Labute approximate surface area is 88.2 Å². The molecule has 0 saturated carbocycles. The molecule has 0 spiro atoms. The first-order valence-electron chi connectivity index (χ1n) is 5.80. The van der Waals surface area contributed by atoms with E-state index in [1.165, 1.54) is 12.8 Å². The summed E-state index contributed by atoms with van der Waals surface area (Å²) in [6, 6.07) is 0.318. The molecule has 4 heteroatoms. The van der Waals surface area contributed by atoms with Gasteiger partial charge in [-0.25, -0.2) is 0 Å². The lowest BCUT2D eigenvalue weighted by molar-refractivity contribution is 0.214. The molecule has 2 aliphatic rings. The summed E-state index contributed by atoms with van der Waals surface area (Å²) in [7, 11) is 0. The molecule has 4 nitrogen and oxygen atoms in total. The van der Waals surface area contributed by atoms with E-state index >= 15 is 0 Å². The minimum absolute atomic E-state index is 0.0124. The van der Waals surface area contributed by atoms with Crippen molar-refractivity contribution in [3.63, 3.8) is 0 Å². The summed E-state index contributed by atoms with van der Waals surface area (Å²) in [5.41, 5.74) is 0.893. The second-order valence-electron chi connectivity index (χ2n) is 4.52. The van der Waals surface area contributed by atoms with Gasteiger partial charge in [0.25, 0.3) is 5.56 Å². The third kappa shape index (κ3) is 1.44. The molecule has 1 aromatic rings. The number of H-pyrrole nitrogens is 1. The van der Waals surface area contributed by atoms with E-state index in [0.29, 0.717) is 6.04 Å². The predicted molar refractivity (Wildman–Crippen MR) is 55.8 cm³/mol. The van der Waals surface area contributed by atoms with Crippen LogP contribution in [-0.4, -0.2) is 23.1 Å². The first-order chi connectivity index (χ1) is 7.36. The van der Waals surface area contributed by atoms with Gasteiger partial charge in [-0.05, 0) is 38.8 Å². The SMILES string of the molecule is O=c1[nH]oc2c1[C@@H](N1CCCC1)CCC2. The van der Waals surface area contributed by atoms with Crippen molar-refractivity contribution in [2.24, 2.45) is 0 Å². The average Bonchev–Trinajstić information content (AvgIpc) is 2.88. The van der Waals surface area contributed by atoms with Gasteiger partial charge in [-0.3, -0.25) is 9.69 Å². The van der Waals surface area contributed by atoms with E-state index in [1.54, 1.807) is 0 Å². The Bertz CT molecular complexity index is 401. The molecule has 2 heterocycles. The normalized spacial score (nSPS) is 26.8. The van der Waals surface area contributed by atoms with Gasteiger partial charge in [-0.15, -0.1) is 0 Å². The van der Waals surface area contributed by atoms with Crippen LogP contribution in [0, 0.1) is 0 Å². The molecule has 15 heavy (non-hydrogen) atoms. The fourth-order valence-corrected chi connectivity index (χ4v) is 2.89. The Morgan fingerprint density at radius 2 is 2.07 bits per heavy atom. The lowest BCUT2D eigenvalue weighted by atomic mass is 9.92. The number of aromatic amines is 1. The number of nitrogens with zero attached hydrogens (tertiary/aromatic N) is 1. The highest BCUT2D eigenvalue weighted by Gasteiger charge is 2.32. The number of nitrogens with one attached hydrogen (secondary N) is 1. The minimum Gasteiger partial charge on any atom is -0.383 e. The Morgan fingerprint density at radius 3 is 2.87 bits per heavy atom. The number of hydrogen-bond acceptors (Lipinski definition) is 3. The van der Waals surface area contributed by atoms with Crippen molar-refractivity contribution >= 4 is 0 Å². The van der Waals surface area contributed by atoms with Gasteiger partial charge in [-0.2, -0.15) is 5.16 Å². The van der Waals surface area contributed by atoms with Gasteiger partial charge in [0.1, 0.15) is 5.76 Å². The lowest BCUT2D eigenvalue weighted by Crippen LogP contribution is -2.31. The molecule has 1 saturated heterocycles. The first-order valence-corrected chi connectivity index (χ1v) is 5.80. The Balaban J connectivity index is 1.97. The Hall–Kier alpha value is -1.03. The number of rotatable bonds is 1. The zero-order valence-electron chi connectivity index (χ0n) is 8.79. The number of likely N-dealkylation sites (tertiary alicyclic amines) is 1. The molecular formula is C11H16N2O2. The fraction of sp³-hybridized carbons (Fsp3) is 0.727. The molecule has 1 N–H and O–H groups in total. The predicted octanol–water partition coefficient (Wildman–Crippen LogP) is 1.44. The highest BCUT2D eigenvalue weighted by Crippen LogP contribution is 2.33. The summed E-state index contributed by atoms with van der Waals surface area (Å²) in [6.45, 7) is 2.27. The summed E-state index contributed by atoms with van der Waals surface area (Å²) < 4.78 is 5.21. The van der Waals surface area contributed by atoms with Crippen LogP contribution in [0.25, 0.3) is 0 Å². The fourth-order valence-electron chi connectivity index (χ4n) is 2.89. The van der Waals surface area contributed by atoms with E-state index < -0.39 is 0 Å². The van der Waals surface area contributed by atoms with Crippen LogP contribution in [0.2, 0.25) is 0 Å². The van der Waals surface area contributed by atoms with Crippen molar-refractivity contribution in [3.8, 4) is 0 Å². The van der Waals surface area contributed by atoms with Gasteiger partial charge in [0, 0.05) is 12.5 Å². The summed E-state index contributed by atoms with van der Waals surface area (Å²) in [5.74, 6) is 0.892. The van der Waals surface area contributed by atoms with E-state index in [-0.39, 0.29) is 5.56 Å². The zero-order chi connectivity index (χ0) is 10.3. The smallest absolute Gasteiger partial charge is 0.284 e. The average molecular weight is 208 g/mol. The van der Waals surface area contributed by atoms with E-state index in [1.807, 2.05) is 0 Å². The second kappa shape index (κ2) is 3.52. The maximum Gasteiger partial charge on any atom is 0.284 e. The lowest BCUT2D eigenvalue weighted by Gasteiger charge is -2.29. The first kappa shape index (κ1) is 9.21. The van der Waals surface area contributed by atoms with Gasteiger partial charge < -0.3 is 4.52 Å². The topological polar surface area (TPSA) is 49.2 Å². The molecule has 1 fully saturated rings. The van der Waals surface area contributed by atoms with Crippen molar-refractivity contribution in [1.82, 2.24) is 10.1 Å². The van der Waals surface area contributed by atoms with E-state index in [2.05, 4.69) is 10.1 Å². The molecule has 0 amide bonds. The molecule has 0 aromatic carbocycles. The maximum atomic E-state index is 11.7. The number of aromatic nitrogens is 1. The Morgan fingerprint density at radius 1 is 1.27 bits per heavy atom. The summed E-state index contributed by atoms with van der Waals surface area (Å²) in [6.07, 6.45) is 5.69. The minimum atomic E-state index is -0.0124. The van der Waals surface area contributed by atoms with E-state index in [4.69, 9.17) is 4.52 Å². The van der Waals surface area contributed by atoms with Gasteiger partial charge in [0.15, 0.2) is 0 Å². The summed E-state index contributed by atoms with van der Waals surface area (Å²) in [5, 5.41) is 2.48. The molecule has 1 aromatic heterocycles. The van der Waals surface area contributed by atoms with E-state index in [9.17, 15) is 4.79 Å². The quantitative estimate of drug-likeness (QED) is 0.759.